The van der Waals surface area contributed by atoms with Crippen LogP contribution in [0.1, 0.15) is 12.5 Å². The van der Waals surface area contributed by atoms with E-state index in [2.05, 4.69) is 34.2 Å². The minimum atomic E-state index is 0.00650. The van der Waals surface area contributed by atoms with E-state index in [9.17, 15) is 4.79 Å². The number of nitrogens with one attached hydrogen (secondary N) is 1. The number of hydrogen-bond donors (Lipinski definition) is 1. The maximum Gasteiger partial charge on any atom is 0.322 e. The molecule has 0 aliphatic carbocycles. The van der Waals surface area contributed by atoms with Gasteiger partial charge in [0.2, 0.25) is 0 Å². The number of carbonyl (C=O) groups excluding carboxylic acids is 1. The summed E-state index contributed by atoms with van der Waals surface area (Å²) in [4.78, 5) is 13.3. The van der Waals surface area contributed by atoms with Crippen molar-refractivity contribution in [2.75, 3.05) is 18.0 Å². The van der Waals surface area contributed by atoms with E-state index in [4.69, 9.17) is 0 Å². The number of nitrogens with zero attached hydrogens (tertiary/aromatic N) is 1. The van der Waals surface area contributed by atoms with Crippen LogP contribution in [-0.2, 0) is 6.42 Å². The maximum absolute atomic E-state index is 11.5. The third-order valence-corrected chi connectivity index (χ3v) is 3.06. The van der Waals surface area contributed by atoms with Crippen molar-refractivity contribution in [1.82, 2.24) is 5.32 Å². The van der Waals surface area contributed by atoms with Crippen molar-refractivity contribution in [3.63, 3.8) is 0 Å². The molecule has 1 aromatic rings. The monoisotopic (exact) mass is 268 g/mol. The molecule has 0 unspecified atom stereocenters. The van der Waals surface area contributed by atoms with Crippen molar-refractivity contribution in [1.29, 1.82) is 0 Å². The number of anilines is 1. The van der Waals surface area contributed by atoms with Gasteiger partial charge in [0.25, 0.3) is 0 Å². The number of benzene rings is 1. The zero-order valence-corrected chi connectivity index (χ0v) is 10.2. The van der Waals surface area contributed by atoms with E-state index in [0.29, 0.717) is 0 Å². The van der Waals surface area contributed by atoms with Gasteiger partial charge in [-0.25, -0.2) is 4.79 Å². The molecule has 3 nitrogen and oxygen atoms in total. The van der Waals surface area contributed by atoms with Crippen molar-refractivity contribution in [2.45, 2.75) is 13.3 Å². The van der Waals surface area contributed by atoms with Crippen LogP contribution in [0, 0.1) is 0 Å². The summed E-state index contributed by atoms with van der Waals surface area (Å²) in [5, 5.41) is 2.81. The van der Waals surface area contributed by atoms with Gasteiger partial charge in [0, 0.05) is 23.2 Å². The highest BCUT2D eigenvalue weighted by atomic mass is 79.9. The average Bonchev–Trinajstić information content (AvgIpc) is 2.64. The van der Waals surface area contributed by atoms with E-state index in [1.165, 1.54) is 5.56 Å². The summed E-state index contributed by atoms with van der Waals surface area (Å²) in [6.45, 7) is 3.59. The molecule has 0 atom stereocenters. The summed E-state index contributed by atoms with van der Waals surface area (Å²) in [7, 11) is 0. The second-order valence-corrected chi connectivity index (χ2v) is 4.43. The van der Waals surface area contributed by atoms with Crippen molar-refractivity contribution in [3.8, 4) is 0 Å². The molecular formula is C11H13BrN2O. The van der Waals surface area contributed by atoms with Gasteiger partial charge < -0.3 is 5.32 Å². The zero-order valence-electron chi connectivity index (χ0n) is 8.59. The molecule has 0 spiro atoms. The van der Waals surface area contributed by atoms with Gasteiger partial charge in [-0.1, -0.05) is 22.9 Å². The summed E-state index contributed by atoms with van der Waals surface area (Å²) in [5.41, 5.74) is 2.22. The third-order valence-electron chi connectivity index (χ3n) is 2.57. The Hall–Kier alpha value is -1.03. The van der Waals surface area contributed by atoms with Crippen LogP contribution in [0.5, 0.6) is 0 Å². The predicted octanol–water partition coefficient (Wildman–Crippen LogP) is 2.54. The molecule has 2 rings (SSSR count). The van der Waals surface area contributed by atoms with Gasteiger partial charge in [-0.15, -0.1) is 0 Å². The van der Waals surface area contributed by atoms with Crippen LogP contribution < -0.4 is 10.2 Å². The molecule has 4 heteroatoms. The minimum absolute atomic E-state index is 0.00650. The van der Waals surface area contributed by atoms with E-state index in [1.54, 1.807) is 4.90 Å². The van der Waals surface area contributed by atoms with Crippen LogP contribution in [0.25, 0.3) is 0 Å². The van der Waals surface area contributed by atoms with Gasteiger partial charge in [-0.3, -0.25) is 4.90 Å². The van der Waals surface area contributed by atoms with Crippen LogP contribution in [0.15, 0.2) is 22.7 Å². The van der Waals surface area contributed by atoms with E-state index in [1.807, 2.05) is 12.1 Å². The number of urea groups is 1. The van der Waals surface area contributed by atoms with E-state index in [0.717, 1.165) is 29.7 Å². The molecule has 1 aliphatic rings. The molecule has 1 aliphatic heterocycles. The number of amides is 2. The minimum Gasteiger partial charge on any atom is -0.336 e. The second-order valence-electron chi connectivity index (χ2n) is 3.51. The summed E-state index contributed by atoms with van der Waals surface area (Å²) in [6, 6.07) is 6.04. The molecule has 0 radical (unpaired) electrons. The molecule has 15 heavy (non-hydrogen) atoms. The Labute approximate surface area is 97.6 Å². The molecule has 1 fully saturated rings. The van der Waals surface area contributed by atoms with Gasteiger partial charge in [-0.2, -0.15) is 0 Å². The molecule has 0 bridgehead atoms. The Morgan fingerprint density at radius 2 is 2.33 bits per heavy atom. The van der Waals surface area contributed by atoms with Crippen molar-refractivity contribution >= 4 is 27.6 Å². The van der Waals surface area contributed by atoms with Crippen LogP contribution in [0.2, 0.25) is 0 Å². The van der Waals surface area contributed by atoms with E-state index >= 15 is 0 Å². The molecule has 2 amide bonds. The quantitative estimate of drug-likeness (QED) is 0.879. The fourth-order valence-electron chi connectivity index (χ4n) is 1.80. The first kappa shape index (κ1) is 10.5. The third kappa shape index (κ3) is 2.00. The smallest absolute Gasteiger partial charge is 0.322 e. The van der Waals surface area contributed by atoms with Gasteiger partial charge >= 0.3 is 6.03 Å². The number of hydrogen-bond acceptors (Lipinski definition) is 1. The van der Waals surface area contributed by atoms with Crippen molar-refractivity contribution in [2.24, 2.45) is 0 Å². The standard InChI is InChI=1S/C11H13BrN2O/c1-2-8-7-9(12)3-4-10(8)14-6-5-13-11(14)15/h3-4,7H,2,5-6H2,1H3,(H,13,15). The lowest BCUT2D eigenvalue weighted by Crippen LogP contribution is -2.28. The molecule has 80 valence electrons. The highest BCUT2D eigenvalue weighted by Gasteiger charge is 2.22. The fraction of sp³-hybridized carbons (Fsp3) is 0.364. The number of carbonyl (C=O) groups is 1. The Bertz CT molecular complexity index is 392. The number of aryl methyl sites for hydroxylation is 1. The van der Waals surface area contributed by atoms with Gasteiger partial charge in [0.15, 0.2) is 0 Å². The van der Waals surface area contributed by atoms with Crippen molar-refractivity contribution < 1.29 is 4.79 Å². The largest absolute Gasteiger partial charge is 0.336 e. The topological polar surface area (TPSA) is 32.3 Å². The first-order valence-electron chi connectivity index (χ1n) is 5.06. The fourth-order valence-corrected chi connectivity index (χ4v) is 2.21. The highest BCUT2D eigenvalue weighted by Crippen LogP contribution is 2.26. The number of rotatable bonds is 2. The van der Waals surface area contributed by atoms with Crippen LogP contribution in [-0.4, -0.2) is 19.1 Å². The zero-order chi connectivity index (χ0) is 10.8. The van der Waals surface area contributed by atoms with Gasteiger partial charge in [-0.05, 0) is 30.2 Å². The molecule has 0 aromatic heterocycles. The Morgan fingerprint density at radius 1 is 1.53 bits per heavy atom. The highest BCUT2D eigenvalue weighted by molar-refractivity contribution is 9.10. The Kier molecular flexibility index (Phi) is 2.95. The summed E-state index contributed by atoms with van der Waals surface area (Å²) < 4.78 is 1.06. The second kappa shape index (κ2) is 4.23. The lowest BCUT2D eigenvalue weighted by Gasteiger charge is -2.18. The van der Waals surface area contributed by atoms with E-state index < -0.39 is 0 Å². The molecule has 1 N–H and O–H groups in total. The van der Waals surface area contributed by atoms with Crippen molar-refractivity contribution in [3.05, 3.63) is 28.2 Å². The first-order chi connectivity index (χ1) is 7.22. The normalized spacial score (nSPS) is 15.6. The van der Waals surface area contributed by atoms with Gasteiger partial charge in [0.1, 0.15) is 0 Å². The van der Waals surface area contributed by atoms with E-state index in [-0.39, 0.29) is 6.03 Å². The Morgan fingerprint density at radius 3 is 2.93 bits per heavy atom. The summed E-state index contributed by atoms with van der Waals surface area (Å²) in [6.07, 6.45) is 0.929. The lowest BCUT2D eigenvalue weighted by atomic mass is 10.1. The molecule has 1 saturated heterocycles. The summed E-state index contributed by atoms with van der Waals surface area (Å²) >= 11 is 3.44. The molecular weight excluding hydrogens is 256 g/mol. The van der Waals surface area contributed by atoms with Crippen LogP contribution in [0.3, 0.4) is 0 Å². The van der Waals surface area contributed by atoms with Crippen LogP contribution >= 0.6 is 15.9 Å². The Balaban J connectivity index is 2.38. The predicted molar refractivity (Wildman–Crippen MR) is 64.3 cm³/mol. The van der Waals surface area contributed by atoms with Gasteiger partial charge in [0.05, 0.1) is 0 Å². The number of halogens is 1. The molecule has 1 heterocycles. The average molecular weight is 269 g/mol. The molecule has 0 saturated carbocycles. The lowest BCUT2D eigenvalue weighted by molar-refractivity contribution is 0.252. The molecule has 1 aromatic carbocycles. The maximum atomic E-state index is 11.5. The SMILES string of the molecule is CCc1cc(Br)ccc1N1CCNC1=O. The first-order valence-corrected chi connectivity index (χ1v) is 5.85. The van der Waals surface area contributed by atoms with Crippen LogP contribution in [0.4, 0.5) is 10.5 Å². The summed E-state index contributed by atoms with van der Waals surface area (Å²) in [5.74, 6) is 0.